The van der Waals surface area contributed by atoms with E-state index in [1.807, 2.05) is 11.3 Å². The largest absolute Gasteiger partial charge is 0.338 e. The van der Waals surface area contributed by atoms with E-state index in [0.717, 1.165) is 0 Å². The number of hydrogen-bond donors (Lipinski definition) is 0. The van der Waals surface area contributed by atoms with Crippen LogP contribution in [0.25, 0.3) is 42.0 Å². The van der Waals surface area contributed by atoms with Gasteiger partial charge in [0.05, 0.1) is 0 Å². The second-order valence-corrected chi connectivity index (χ2v) is 17.7. The highest BCUT2D eigenvalue weighted by Gasteiger charge is 2.11. The average Bonchev–Trinajstić information content (AvgIpc) is 3.42. The Morgan fingerprint density at radius 1 is 0.409 bits per heavy atom. The molecule has 0 amide bonds. The molecule has 0 fully saturated rings. The molecule has 0 aliphatic rings. The third-order valence-electron chi connectivity index (χ3n) is 5.42. The Labute approximate surface area is 273 Å². The second kappa shape index (κ2) is 15.8. The lowest BCUT2D eigenvalue weighted by atomic mass is 10.0. The Bertz CT molecular complexity index is 1560. The van der Waals surface area contributed by atoms with Gasteiger partial charge in [-0.2, -0.15) is 0 Å². The molecule has 0 unspecified atom stereocenters. The average molecular weight is 610 g/mol. The molecule has 2 heterocycles. The minimum Gasteiger partial charge on any atom is -0.338 e. The molecule has 6 aromatic rings. The molecule has 2 heteroatoms. The van der Waals surface area contributed by atoms with Crippen molar-refractivity contribution in [2.45, 2.75) is 103 Å². The first-order chi connectivity index (χ1) is 20.2. The molecule has 0 radical (unpaired) electrons. The van der Waals surface area contributed by atoms with E-state index < -0.39 is 0 Å². The summed E-state index contributed by atoms with van der Waals surface area (Å²) in [6, 6.07) is 34.9. The molecular weight excluding hydrogens is 551 g/mol. The first kappa shape index (κ1) is 37.1. The second-order valence-electron chi connectivity index (χ2n) is 16.6. The summed E-state index contributed by atoms with van der Waals surface area (Å²) >= 11 is 1.86. The maximum absolute atomic E-state index is 2.41. The van der Waals surface area contributed by atoms with Gasteiger partial charge in [0.2, 0.25) is 0 Å². The van der Waals surface area contributed by atoms with Crippen LogP contribution in [0.3, 0.4) is 0 Å². The fourth-order valence-corrected chi connectivity index (χ4v) is 5.29. The smallest absolute Gasteiger partial charge is 0.0493 e. The molecule has 0 N–H and O–H groups in total. The summed E-state index contributed by atoms with van der Waals surface area (Å²) < 4.78 is 5.16. The van der Waals surface area contributed by atoms with Crippen LogP contribution in [0.15, 0.2) is 97.1 Å². The zero-order chi connectivity index (χ0) is 33.3. The van der Waals surface area contributed by atoms with Crippen molar-refractivity contribution in [2.75, 3.05) is 0 Å². The zero-order valence-corrected chi connectivity index (χ0v) is 31.0. The van der Waals surface area contributed by atoms with E-state index in [0.29, 0.717) is 22.3 Å². The number of rotatable bonds is 1. The van der Waals surface area contributed by atoms with Gasteiger partial charge in [0, 0.05) is 48.0 Å². The van der Waals surface area contributed by atoms with Gasteiger partial charge in [-0.25, -0.2) is 0 Å². The van der Waals surface area contributed by atoms with Crippen LogP contribution in [0.1, 0.15) is 103 Å². The van der Waals surface area contributed by atoms with Gasteiger partial charge in [0.25, 0.3) is 0 Å². The lowest BCUT2D eigenvalue weighted by molar-refractivity contribution is 0.469. The number of aromatic nitrogens is 1. The van der Waals surface area contributed by atoms with Crippen LogP contribution >= 0.6 is 11.3 Å². The van der Waals surface area contributed by atoms with E-state index in [2.05, 4.69) is 199 Å². The minimum absolute atomic E-state index is 0.491. The molecule has 4 aromatic carbocycles. The highest BCUT2D eigenvalue weighted by Crippen LogP contribution is 2.33. The Balaban J connectivity index is 0.000000215. The standard InChI is InChI=1S/C15H15N.C12H8S.3C5H12/c1-11(2)16-14-9-5-3-7-12(14)13-8-4-6-10-15(13)16;1-3-7-11-9(5-1)10-6-2-4-8-12(10)13-11;3*1-5(2,3)4/h3-11H,1-2H3;1-8H;3*1-4H3. The Kier molecular flexibility index (Phi) is 13.3. The Morgan fingerprint density at radius 3 is 0.955 bits per heavy atom. The number of para-hydroxylation sites is 2. The molecule has 6 rings (SSSR count). The minimum atomic E-state index is 0.491. The fraction of sp³-hybridized carbons (Fsp3) is 0.429. The van der Waals surface area contributed by atoms with Gasteiger partial charge in [-0.15, -0.1) is 11.3 Å². The molecule has 0 atom stereocenters. The molecule has 0 saturated heterocycles. The van der Waals surface area contributed by atoms with Crippen LogP contribution < -0.4 is 0 Å². The normalized spacial score (nSPS) is 11.6. The number of nitrogens with zero attached hydrogens (tertiary/aromatic N) is 1. The molecule has 2 aromatic heterocycles. The lowest BCUT2D eigenvalue weighted by Crippen LogP contribution is -1.99. The van der Waals surface area contributed by atoms with E-state index in [4.69, 9.17) is 0 Å². The molecule has 0 saturated carbocycles. The third kappa shape index (κ3) is 13.3. The van der Waals surface area contributed by atoms with Crippen molar-refractivity contribution < 1.29 is 0 Å². The fourth-order valence-electron chi connectivity index (χ4n) is 4.18. The summed E-state index contributed by atoms with van der Waals surface area (Å²) in [7, 11) is 0. The molecule has 0 aliphatic carbocycles. The number of benzene rings is 4. The molecule has 0 aliphatic heterocycles. The summed E-state index contributed by atoms with van der Waals surface area (Å²) in [5, 5.41) is 5.46. The maximum atomic E-state index is 2.41. The van der Waals surface area contributed by atoms with Gasteiger partial charge in [0.15, 0.2) is 0 Å². The third-order valence-corrected chi connectivity index (χ3v) is 6.57. The Morgan fingerprint density at radius 2 is 0.659 bits per heavy atom. The zero-order valence-electron chi connectivity index (χ0n) is 30.2. The van der Waals surface area contributed by atoms with E-state index in [-0.39, 0.29) is 0 Å². The summed E-state index contributed by atoms with van der Waals surface area (Å²) in [5.41, 5.74) is 4.16. The number of hydrogen-bond acceptors (Lipinski definition) is 1. The Hall–Kier alpha value is -3.10. The van der Waals surface area contributed by atoms with Gasteiger partial charge in [-0.1, -0.05) is 156 Å². The predicted molar refractivity (Wildman–Crippen MR) is 205 cm³/mol. The number of fused-ring (bicyclic) bond motifs is 6. The van der Waals surface area contributed by atoms with Crippen LogP contribution in [-0.4, -0.2) is 4.57 Å². The molecule has 238 valence electrons. The maximum Gasteiger partial charge on any atom is 0.0493 e. The lowest BCUT2D eigenvalue weighted by Gasteiger charge is -2.10. The van der Waals surface area contributed by atoms with Crippen LogP contribution in [0, 0.1) is 16.2 Å². The van der Waals surface area contributed by atoms with E-state index in [1.54, 1.807) is 0 Å². The van der Waals surface area contributed by atoms with Crippen molar-refractivity contribution in [1.29, 1.82) is 0 Å². The molecule has 0 spiro atoms. The van der Waals surface area contributed by atoms with Crippen LogP contribution in [-0.2, 0) is 0 Å². The number of thiophene rings is 1. The monoisotopic (exact) mass is 609 g/mol. The van der Waals surface area contributed by atoms with E-state index in [9.17, 15) is 0 Å². The van der Waals surface area contributed by atoms with Gasteiger partial charge in [-0.05, 0) is 54.4 Å². The van der Waals surface area contributed by atoms with E-state index in [1.165, 1.54) is 42.0 Å². The van der Waals surface area contributed by atoms with Crippen LogP contribution in [0.4, 0.5) is 0 Å². The van der Waals surface area contributed by atoms with Gasteiger partial charge in [0.1, 0.15) is 0 Å². The van der Waals surface area contributed by atoms with Gasteiger partial charge in [-0.3, -0.25) is 0 Å². The van der Waals surface area contributed by atoms with Crippen LogP contribution in [0.2, 0.25) is 0 Å². The highest BCUT2D eigenvalue weighted by atomic mass is 32.1. The molecule has 1 nitrogen and oxygen atoms in total. The van der Waals surface area contributed by atoms with Crippen LogP contribution in [0.5, 0.6) is 0 Å². The first-order valence-corrected chi connectivity index (χ1v) is 16.9. The van der Waals surface area contributed by atoms with Crippen molar-refractivity contribution in [3.8, 4) is 0 Å². The van der Waals surface area contributed by atoms with Crippen molar-refractivity contribution in [1.82, 2.24) is 4.57 Å². The van der Waals surface area contributed by atoms with Crippen molar-refractivity contribution in [3.05, 3.63) is 97.1 Å². The predicted octanol–water partition coefficient (Wildman–Crippen LogP) is 14.6. The quantitative estimate of drug-likeness (QED) is 0.175. The molecular formula is C42H59NS. The summed E-state index contributed by atoms with van der Waals surface area (Å²) in [4.78, 5) is 0. The molecule has 0 bridgehead atoms. The van der Waals surface area contributed by atoms with Gasteiger partial charge < -0.3 is 4.57 Å². The molecule has 44 heavy (non-hydrogen) atoms. The summed E-state index contributed by atoms with van der Waals surface area (Å²) in [6.45, 7) is 30.7. The van der Waals surface area contributed by atoms with Crippen molar-refractivity contribution in [3.63, 3.8) is 0 Å². The summed E-state index contributed by atoms with van der Waals surface area (Å²) in [5.74, 6) is 0. The van der Waals surface area contributed by atoms with Crippen molar-refractivity contribution >= 4 is 53.3 Å². The van der Waals surface area contributed by atoms with Crippen molar-refractivity contribution in [2.24, 2.45) is 16.2 Å². The topological polar surface area (TPSA) is 4.93 Å². The van der Waals surface area contributed by atoms with E-state index >= 15 is 0 Å². The van der Waals surface area contributed by atoms with Gasteiger partial charge >= 0.3 is 0 Å². The first-order valence-electron chi connectivity index (χ1n) is 16.1. The SMILES string of the molecule is CC(C)(C)C.CC(C)(C)C.CC(C)(C)C.CC(C)n1c2ccccc2c2ccccc21.c1ccc2c(c1)sc1ccccc12. The summed E-state index contributed by atoms with van der Waals surface area (Å²) in [6.07, 6.45) is 0. The highest BCUT2D eigenvalue weighted by molar-refractivity contribution is 7.25.